The summed E-state index contributed by atoms with van der Waals surface area (Å²) in [6.45, 7) is 19.5. The predicted octanol–water partition coefficient (Wildman–Crippen LogP) is 7.84. The minimum absolute atomic E-state index is 0.0169. The number of carbonyl (C=O) groups excluding carboxylic acids is 1. The van der Waals surface area contributed by atoms with Gasteiger partial charge in [0.15, 0.2) is 5.82 Å². The smallest absolute Gasteiger partial charge is 0.303 e. The fourth-order valence-electron chi connectivity index (χ4n) is 4.63. The summed E-state index contributed by atoms with van der Waals surface area (Å²) < 4.78 is 0. The highest BCUT2D eigenvalue weighted by Crippen LogP contribution is 2.40. The van der Waals surface area contributed by atoms with Crippen molar-refractivity contribution in [1.29, 1.82) is 0 Å². The summed E-state index contributed by atoms with van der Waals surface area (Å²) in [6, 6.07) is 10.5. The molecule has 0 aliphatic rings. The van der Waals surface area contributed by atoms with Crippen molar-refractivity contribution in [2.24, 2.45) is 0 Å². The van der Waals surface area contributed by atoms with Gasteiger partial charge in [-0.25, -0.2) is 9.97 Å². The van der Waals surface area contributed by atoms with Crippen LogP contribution < -0.4 is 5.73 Å². The third-order valence-corrected chi connectivity index (χ3v) is 7.00. The molecule has 0 aliphatic heterocycles. The first-order valence-corrected chi connectivity index (χ1v) is 14.5. The van der Waals surface area contributed by atoms with Crippen molar-refractivity contribution in [1.82, 2.24) is 9.97 Å². The van der Waals surface area contributed by atoms with E-state index in [9.17, 15) is 14.7 Å². The number of carboxylic acids is 1. The van der Waals surface area contributed by atoms with Gasteiger partial charge < -0.3 is 15.9 Å². The zero-order valence-corrected chi connectivity index (χ0v) is 26.3. The van der Waals surface area contributed by atoms with Crippen molar-refractivity contribution in [3.8, 4) is 5.75 Å². The van der Waals surface area contributed by atoms with E-state index in [1.807, 2.05) is 72.7 Å². The Balaban J connectivity index is 0.00000201. The first-order chi connectivity index (χ1) is 19.4. The molecule has 0 fully saturated rings. The van der Waals surface area contributed by atoms with E-state index in [0.29, 0.717) is 41.7 Å². The van der Waals surface area contributed by atoms with Crippen LogP contribution in [0.15, 0.2) is 43.0 Å². The van der Waals surface area contributed by atoms with Gasteiger partial charge in [0, 0.05) is 29.7 Å². The molecule has 1 aromatic heterocycles. The van der Waals surface area contributed by atoms with Gasteiger partial charge in [-0.3, -0.25) is 9.59 Å². The number of carbonyl (C=O) groups is 2. The van der Waals surface area contributed by atoms with E-state index in [1.165, 1.54) is 6.07 Å². The lowest BCUT2D eigenvalue weighted by molar-refractivity contribution is -0.137. The molecule has 0 saturated heterocycles. The number of carboxylic acid groups (broad SMARTS) is 1. The average Bonchev–Trinajstić information content (AvgIpc) is 2.95. The van der Waals surface area contributed by atoms with Crippen LogP contribution in [0.2, 0.25) is 5.02 Å². The van der Waals surface area contributed by atoms with E-state index in [-0.39, 0.29) is 34.6 Å². The Kier molecular flexibility index (Phi) is 13.7. The van der Waals surface area contributed by atoms with Crippen molar-refractivity contribution in [3.63, 3.8) is 0 Å². The molecule has 222 valence electrons. The number of nitrogens with zero attached hydrogens (tertiary/aromatic N) is 2. The molecule has 7 nitrogen and oxygen atoms in total. The Morgan fingerprint density at radius 1 is 1.02 bits per heavy atom. The first-order valence-electron chi connectivity index (χ1n) is 14.1. The molecular formula is C33H44ClN3O4. The van der Waals surface area contributed by atoms with Crippen LogP contribution in [0, 0.1) is 13.8 Å². The third kappa shape index (κ3) is 8.17. The van der Waals surface area contributed by atoms with Crippen LogP contribution in [0.3, 0.4) is 0 Å². The third-order valence-electron chi connectivity index (χ3n) is 6.70. The number of hydrogen-bond acceptors (Lipinski definition) is 6. The first kappa shape index (κ1) is 35.3. The highest BCUT2D eigenvalue weighted by Gasteiger charge is 2.40. The molecule has 0 bridgehead atoms. The predicted molar refractivity (Wildman–Crippen MR) is 169 cm³/mol. The lowest BCUT2D eigenvalue weighted by Gasteiger charge is -2.31. The van der Waals surface area contributed by atoms with E-state index in [2.05, 4.69) is 16.5 Å². The molecule has 0 aliphatic carbocycles. The van der Waals surface area contributed by atoms with E-state index < -0.39 is 11.4 Å². The molecule has 2 aromatic carbocycles. The van der Waals surface area contributed by atoms with E-state index in [1.54, 1.807) is 13.0 Å². The molecule has 1 heterocycles. The number of rotatable bonds is 10. The molecule has 41 heavy (non-hydrogen) atoms. The number of phenolic OH excluding ortho intramolecular Hbond substituents is 1. The van der Waals surface area contributed by atoms with Gasteiger partial charge in [0.2, 0.25) is 0 Å². The normalized spacial score (nSPS) is 11.7. The summed E-state index contributed by atoms with van der Waals surface area (Å²) >= 11 is 6.02. The molecule has 0 radical (unpaired) electrons. The number of Topliss-reactive ketones (excluding diaryl/α,β-unsaturated/α-hetero) is 1. The topological polar surface area (TPSA) is 126 Å². The molecule has 0 unspecified atom stereocenters. The number of anilines is 1. The van der Waals surface area contributed by atoms with Crippen LogP contribution in [0.25, 0.3) is 5.57 Å². The van der Waals surface area contributed by atoms with Gasteiger partial charge in [0.25, 0.3) is 0 Å². The van der Waals surface area contributed by atoms with Crippen molar-refractivity contribution >= 4 is 34.7 Å². The van der Waals surface area contributed by atoms with Crippen molar-refractivity contribution < 1.29 is 19.8 Å². The second-order valence-corrected chi connectivity index (χ2v) is 9.79. The highest BCUT2D eigenvalue weighted by atomic mass is 35.5. The van der Waals surface area contributed by atoms with Gasteiger partial charge >= 0.3 is 5.97 Å². The minimum atomic E-state index is -1.11. The SMILES string of the molecule is C=C(c1nc(C)c([C@@](C)(C(=O)CCC)c2ccc(CCC(=O)O)cc2)c(N)n1)c1cc(O)c(Cl)cc1C.CC.CC. The Bertz CT molecular complexity index is 1350. The van der Waals surface area contributed by atoms with Gasteiger partial charge in [-0.1, -0.05) is 77.1 Å². The quantitative estimate of drug-likeness (QED) is 0.222. The lowest BCUT2D eigenvalue weighted by Crippen LogP contribution is -2.36. The number of aliphatic carboxylic acids is 1. The molecule has 0 amide bonds. The Hall–Kier alpha value is -3.71. The number of benzene rings is 2. The summed E-state index contributed by atoms with van der Waals surface area (Å²) in [6.07, 6.45) is 1.44. The number of nitrogen functional groups attached to an aromatic ring is 1. The number of ketones is 1. The summed E-state index contributed by atoms with van der Waals surface area (Å²) in [5.74, 6) is -0.497. The van der Waals surface area contributed by atoms with Crippen molar-refractivity contribution in [2.45, 2.75) is 86.5 Å². The number of aromatic hydroxyl groups is 1. The van der Waals surface area contributed by atoms with Crippen LogP contribution >= 0.6 is 11.6 Å². The van der Waals surface area contributed by atoms with Gasteiger partial charge in [-0.05, 0) is 68.0 Å². The summed E-state index contributed by atoms with van der Waals surface area (Å²) in [4.78, 5) is 33.7. The Morgan fingerprint density at radius 2 is 1.61 bits per heavy atom. The Labute approximate surface area is 249 Å². The fraction of sp³-hybridized carbons (Fsp3) is 0.394. The monoisotopic (exact) mass is 581 g/mol. The maximum Gasteiger partial charge on any atom is 0.303 e. The number of aromatic nitrogens is 2. The van der Waals surface area contributed by atoms with Crippen LogP contribution in [-0.4, -0.2) is 31.9 Å². The maximum absolute atomic E-state index is 13.6. The van der Waals surface area contributed by atoms with Gasteiger partial charge in [0.1, 0.15) is 17.4 Å². The number of aryl methyl sites for hydroxylation is 3. The molecular weight excluding hydrogens is 538 g/mol. The van der Waals surface area contributed by atoms with Crippen molar-refractivity contribution in [2.75, 3.05) is 5.73 Å². The largest absolute Gasteiger partial charge is 0.506 e. The number of halogens is 1. The molecule has 0 spiro atoms. The van der Waals surface area contributed by atoms with Gasteiger partial charge in [0.05, 0.1) is 10.4 Å². The number of nitrogens with two attached hydrogens (primary N) is 1. The number of hydrogen-bond donors (Lipinski definition) is 3. The summed E-state index contributed by atoms with van der Waals surface area (Å²) in [7, 11) is 0. The van der Waals surface area contributed by atoms with Crippen molar-refractivity contribution in [3.05, 3.63) is 87.3 Å². The van der Waals surface area contributed by atoms with E-state index in [0.717, 1.165) is 16.7 Å². The molecule has 3 aromatic rings. The van der Waals surface area contributed by atoms with Gasteiger partial charge in [-0.15, -0.1) is 0 Å². The number of phenols is 1. The molecule has 1 atom stereocenters. The maximum atomic E-state index is 13.6. The zero-order chi connectivity index (χ0) is 31.5. The summed E-state index contributed by atoms with van der Waals surface area (Å²) in [5, 5.41) is 19.3. The van der Waals surface area contributed by atoms with Gasteiger partial charge in [-0.2, -0.15) is 0 Å². The zero-order valence-electron chi connectivity index (χ0n) is 25.6. The van der Waals surface area contributed by atoms with E-state index in [4.69, 9.17) is 22.4 Å². The Morgan fingerprint density at radius 3 is 2.12 bits per heavy atom. The molecule has 3 rings (SSSR count). The highest BCUT2D eigenvalue weighted by molar-refractivity contribution is 6.32. The summed E-state index contributed by atoms with van der Waals surface area (Å²) in [5.41, 5.74) is 9.97. The fourth-order valence-corrected chi connectivity index (χ4v) is 4.85. The molecule has 8 heteroatoms. The molecule has 4 N–H and O–H groups in total. The molecule has 0 saturated carbocycles. The van der Waals surface area contributed by atoms with Crippen LogP contribution in [0.1, 0.15) is 100 Å². The minimum Gasteiger partial charge on any atom is -0.506 e. The standard InChI is InChI=1S/C29H32ClN3O4.2C2H6/c1-6-7-24(35)29(5,20-11-8-19(9-12-20)10-13-25(36)37)26-18(4)32-28(33-27(26)31)17(3)21-15-23(34)22(30)14-16(21)2;2*1-2/h8-9,11-12,14-15,34H,3,6-7,10,13H2,1-2,4-5H3,(H,36,37)(H2,31,32,33);2*1-2H3/t29-;;/m1../s1. The lowest BCUT2D eigenvalue weighted by atomic mass is 9.71. The van der Waals surface area contributed by atoms with E-state index >= 15 is 0 Å². The second-order valence-electron chi connectivity index (χ2n) is 9.38. The van der Waals surface area contributed by atoms with Crippen LogP contribution in [-0.2, 0) is 21.4 Å². The average molecular weight is 582 g/mol. The second kappa shape index (κ2) is 15.9. The van der Waals surface area contributed by atoms with Crippen LogP contribution in [0.5, 0.6) is 5.75 Å². The van der Waals surface area contributed by atoms with Crippen LogP contribution in [0.4, 0.5) is 5.82 Å².